The van der Waals surface area contributed by atoms with Crippen molar-refractivity contribution in [3.8, 4) is 0 Å². The fraction of sp³-hybridized carbons (Fsp3) is 0.643. The first kappa shape index (κ1) is 13.8. The van der Waals surface area contributed by atoms with Gasteiger partial charge in [-0.1, -0.05) is 6.07 Å². The summed E-state index contributed by atoms with van der Waals surface area (Å²) in [4.78, 5) is 6.64. The number of hydrogen-bond donors (Lipinski definition) is 1. The van der Waals surface area contributed by atoms with Gasteiger partial charge in [-0.25, -0.2) is 13.4 Å². The Morgan fingerprint density at radius 2 is 2.15 bits per heavy atom. The highest BCUT2D eigenvalue weighted by atomic mass is 32.2. The van der Waals surface area contributed by atoms with Gasteiger partial charge < -0.3 is 10.2 Å². The quantitative estimate of drug-likeness (QED) is 0.876. The minimum Gasteiger partial charge on any atom is -0.356 e. The first-order chi connectivity index (χ1) is 9.53. The lowest BCUT2D eigenvalue weighted by atomic mass is 10.2. The van der Waals surface area contributed by atoms with Crippen LogP contribution in [0.2, 0.25) is 0 Å². The molecule has 2 heterocycles. The molecule has 0 amide bonds. The van der Waals surface area contributed by atoms with Crippen LogP contribution in [-0.2, 0) is 16.4 Å². The first-order valence-corrected chi connectivity index (χ1v) is 8.98. The Kier molecular flexibility index (Phi) is 3.69. The molecule has 1 unspecified atom stereocenters. The minimum absolute atomic E-state index is 0.0548. The zero-order valence-electron chi connectivity index (χ0n) is 11.7. The van der Waals surface area contributed by atoms with Gasteiger partial charge in [0, 0.05) is 25.7 Å². The number of nitrogens with zero attached hydrogens (tertiary/aromatic N) is 2. The SMILES string of the molecule is CN(c1cccc(CNC2CC2)n1)C1CCS(=O)(=O)C1. The molecule has 1 atom stereocenters. The number of nitrogens with one attached hydrogen (secondary N) is 1. The molecule has 1 aromatic rings. The summed E-state index contributed by atoms with van der Waals surface area (Å²) in [5.41, 5.74) is 1.02. The Morgan fingerprint density at radius 3 is 2.80 bits per heavy atom. The highest BCUT2D eigenvalue weighted by Crippen LogP contribution is 2.22. The zero-order chi connectivity index (χ0) is 14.2. The van der Waals surface area contributed by atoms with Crippen molar-refractivity contribution in [2.45, 2.75) is 37.9 Å². The second-order valence-electron chi connectivity index (χ2n) is 5.81. The molecule has 1 aliphatic heterocycles. The van der Waals surface area contributed by atoms with E-state index in [-0.39, 0.29) is 11.8 Å². The van der Waals surface area contributed by atoms with Gasteiger partial charge >= 0.3 is 0 Å². The lowest BCUT2D eigenvalue weighted by Crippen LogP contribution is -2.33. The second-order valence-corrected chi connectivity index (χ2v) is 8.04. The van der Waals surface area contributed by atoms with Crippen LogP contribution >= 0.6 is 0 Å². The summed E-state index contributed by atoms with van der Waals surface area (Å²) >= 11 is 0. The van der Waals surface area contributed by atoms with Gasteiger partial charge in [-0.2, -0.15) is 0 Å². The van der Waals surface area contributed by atoms with Crippen LogP contribution in [0.3, 0.4) is 0 Å². The zero-order valence-corrected chi connectivity index (χ0v) is 12.6. The summed E-state index contributed by atoms with van der Waals surface area (Å²) in [6, 6.07) is 6.67. The van der Waals surface area contributed by atoms with Crippen molar-refractivity contribution in [3.63, 3.8) is 0 Å². The van der Waals surface area contributed by atoms with E-state index in [1.807, 2.05) is 30.1 Å². The third-order valence-corrected chi connectivity index (χ3v) is 5.81. The summed E-state index contributed by atoms with van der Waals surface area (Å²) in [6.45, 7) is 0.787. The number of hydrogen-bond acceptors (Lipinski definition) is 5. The second kappa shape index (κ2) is 5.33. The summed E-state index contributed by atoms with van der Waals surface area (Å²) in [6.07, 6.45) is 3.23. The van der Waals surface area contributed by atoms with E-state index < -0.39 is 9.84 Å². The number of sulfone groups is 1. The Labute approximate surface area is 120 Å². The summed E-state index contributed by atoms with van der Waals surface area (Å²) < 4.78 is 23.1. The van der Waals surface area contributed by atoms with Gasteiger partial charge in [0.1, 0.15) is 5.82 Å². The Balaban J connectivity index is 1.67. The molecule has 0 spiro atoms. The van der Waals surface area contributed by atoms with Crippen LogP contribution in [0.15, 0.2) is 18.2 Å². The lowest BCUT2D eigenvalue weighted by molar-refractivity contribution is 0.600. The fourth-order valence-electron chi connectivity index (χ4n) is 2.57. The van der Waals surface area contributed by atoms with E-state index in [0.717, 1.165) is 18.1 Å². The number of aromatic nitrogens is 1. The maximum Gasteiger partial charge on any atom is 0.152 e. The largest absolute Gasteiger partial charge is 0.356 e. The van der Waals surface area contributed by atoms with Crippen molar-refractivity contribution in [2.75, 3.05) is 23.5 Å². The Morgan fingerprint density at radius 1 is 1.35 bits per heavy atom. The normalized spacial score (nSPS) is 24.8. The predicted octanol–water partition coefficient (Wildman–Crippen LogP) is 0.957. The highest BCUT2D eigenvalue weighted by molar-refractivity contribution is 7.91. The third kappa shape index (κ3) is 3.30. The summed E-state index contributed by atoms with van der Waals surface area (Å²) in [7, 11) is -0.917. The smallest absolute Gasteiger partial charge is 0.152 e. The highest BCUT2D eigenvalue weighted by Gasteiger charge is 2.31. The number of pyridine rings is 1. The summed E-state index contributed by atoms with van der Waals surface area (Å²) in [5, 5.41) is 3.44. The molecule has 6 heteroatoms. The van der Waals surface area contributed by atoms with Crippen LogP contribution in [0.25, 0.3) is 0 Å². The van der Waals surface area contributed by atoms with Crippen LogP contribution in [0.4, 0.5) is 5.82 Å². The number of anilines is 1. The monoisotopic (exact) mass is 295 g/mol. The van der Waals surface area contributed by atoms with E-state index in [1.54, 1.807) is 0 Å². The molecule has 1 saturated carbocycles. The molecule has 1 saturated heterocycles. The van der Waals surface area contributed by atoms with Gasteiger partial charge in [0.15, 0.2) is 9.84 Å². The maximum absolute atomic E-state index is 11.6. The van der Waals surface area contributed by atoms with Crippen LogP contribution in [0, 0.1) is 0 Å². The molecular weight excluding hydrogens is 274 g/mol. The summed E-state index contributed by atoms with van der Waals surface area (Å²) in [5.74, 6) is 1.41. The van der Waals surface area contributed by atoms with Crippen molar-refractivity contribution >= 4 is 15.7 Å². The molecule has 2 aliphatic rings. The Bertz CT molecular complexity index is 584. The molecule has 0 bridgehead atoms. The lowest BCUT2D eigenvalue weighted by Gasteiger charge is -2.24. The Hall–Kier alpha value is -1.14. The third-order valence-electron chi connectivity index (χ3n) is 4.06. The van der Waals surface area contributed by atoms with E-state index in [1.165, 1.54) is 12.8 Å². The average molecular weight is 295 g/mol. The predicted molar refractivity (Wildman–Crippen MR) is 79.6 cm³/mol. The standard InChI is InChI=1S/C14H21N3O2S/c1-17(13-7-8-20(18,19)10-13)14-4-2-3-12(16-14)9-15-11-5-6-11/h2-4,11,13,15H,5-10H2,1H3. The average Bonchev–Trinajstić information content (AvgIpc) is 3.19. The van der Waals surface area contributed by atoms with Crippen molar-refractivity contribution in [1.29, 1.82) is 0 Å². The van der Waals surface area contributed by atoms with Crippen molar-refractivity contribution < 1.29 is 8.42 Å². The number of rotatable bonds is 5. The van der Waals surface area contributed by atoms with Crippen LogP contribution < -0.4 is 10.2 Å². The molecule has 110 valence electrons. The van der Waals surface area contributed by atoms with Gasteiger partial charge in [0.05, 0.1) is 17.2 Å². The molecule has 20 heavy (non-hydrogen) atoms. The van der Waals surface area contributed by atoms with E-state index >= 15 is 0 Å². The van der Waals surface area contributed by atoms with E-state index in [0.29, 0.717) is 18.2 Å². The first-order valence-electron chi connectivity index (χ1n) is 7.16. The van der Waals surface area contributed by atoms with E-state index in [9.17, 15) is 8.42 Å². The van der Waals surface area contributed by atoms with Gasteiger partial charge in [-0.15, -0.1) is 0 Å². The van der Waals surface area contributed by atoms with Gasteiger partial charge in [-0.3, -0.25) is 0 Å². The molecular formula is C14H21N3O2S. The molecule has 0 aromatic carbocycles. The minimum atomic E-state index is -2.85. The fourth-order valence-corrected chi connectivity index (χ4v) is 4.34. The van der Waals surface area contributed by atoms with Crippen molar-refractivity contribution in [1.82, 2.24) is 10.3 Å². The molecule has 0 radical (unpaired) electrons. The van der Waals surface area contributed by atoms with E-state index in [4.69, 9.17) is 0 Å². The van der Waals surface area contributed by atoms with Crippen molar-refractivity contribution in [3.05, 3.63) is 23.9 Å². The van der Waals surface area contributed by atoms with Crippen molar-refractivity contribution in [2.24, 2.45) is 0 Å². The molecule has 1 N–H and O–H groups in total. The maximum atomic E-state index is 11.6. The van der Waals surface area contributed by atoms with E-state index in [2.05, 4.69) is 10.3 Å². The van der Waals surface area contributed by atoms with Gasteiger partial charge in [-0.05, 0) is 31.4 Å². The van der Waals surface area contributed by atoms with Crippen LogP contribution in [0.5, 0.6) is 0 Å². The topological polar surface area (TPSA) is 62.3 Å². The molecule has 5 nitrogen and oxygen atoms in total. The molecule has 2 fully saturated rings. The molecule has 3 rings (SSSR count). The molecule has 1 aromatic heterocycles. The molecule has 1 aliphatic carbocycles. The van der Waals surface area contributed by atoms with Gasteiger partial charge in [0.2, 0.25) is 0 Å². The van der Waals surface area contributed by atoms with Crippen LogP contribution in [-0.4, -0.2) is 44.0 Å². The van der Waals surface area contributed by atoms with Gasteiger partial charge in [0.25, 0.3) is 0 Å². The van der Waals surface area contributed by atoms with Crippen LogP contribution in [0.1, 0.15) is 25.0 Å².